The van der Waals surface area contributed by atoms with E-state index >= 15 is 0 Å². The van der Waals surface area contributed by atoms with Gasteiger partial charge in [0.25, 0.3) is 0 Å². The van der Waals surface area contributed by atoms with Crippen LogP contribution in [0, 0.1) is 0 Å². The summed E-state index contributed by atoms with van der Waals surface area (Å²) in [7, 11) is -0.439. The Hall–Kier alpha value is -2.65. The van der Waals surface area contributed by atoms with E-state index in [1.165, 1.54) is 21.7 Å². The highest BCUT2D eigenvalue weighted by Gasteiger charge is 2.23. The zero-order valence-electron chi connectivity index (χ0n) is 14.6. The minimum absolute atomic E-state index is 0.359. The van der Waals surface area contributed by atoms with E-state index in [9.17, 15) is 0 Å². The van der Waals surface area contributed by atoms with E-state index in [1.807, 2.05) is 6.08 Å². The quantitative estimate of drug-likeness (QED) is 0.403. The Labute approximate surface area is 157 Å². The van der Waals surface area contributed by atoms with Gasteiger partial charge in [0.15, 0.2) is 0 Å². The second-order valence-electron chi connectivity index (χ2n) is 6.37. The molecular weight excluding hydrogens is 331 g/mol. The third-order valence-corrected chi connectivity index (χ3v) is 7.27. The molecule has 1 heteroatoms. The molecule has 0 amide bonds. The molecule has 1 aliphatic rings. The molecule has 126 valence electrons. The van der Waals surface area contributed by atoms with Crippen LogP contribution in [-0.4, -0.2) is 6.16 Å². The predicted molar refractivity (Wildman–Crippen MR) is 114 cm³/mol. The number of hydrogen-bond acceptors (Lipinski definition) is 0. The standard InChI is InChI=1S/C25H21P/c1-4-12-21(13-5-1)25(22-14-10-11-15-22)20-26(23-16-6-2-7-17-23)24-18-8-3-9-19-24/h1-14,16-19,25H,20H2. The smallest absolute Gasteiger partial charge is 0.0208 e. The molecule has 1 aliphatic carbocycles. The molecule has 3 aromatic rings. The summed E-state index contributed by atoms with van der Waals surface area (Å²) in [4.78, 5) is 0. The molecule has 26 heavy (non-hydrogen) atoms. The maximum atomic E-state index is 3.45. The van der Waals surface area contributed by atoms with Gasteiger partial charge in [-0.15, -0.1) is 5.73 Å². The Morgan fingerprint density at radius 1 is 0.692 bits per heavy atom. The van der Waals surface area contributed by atoms with Crippen LogP contribution in [0.3, 0.4) is 0 Å². The third-order valence-electron chi connectivity index (χ3n) is 4.70. The lowest BCUT2D eigenvalue weighted by Crippen LogP contribution is -2.18. The number of benzene rings is 3. The fourth-order valence-electron chi connectivity index (χ4n) is 3.39. The Balaban J connectivity index is 1.75. The Kier molecular flexibility index (Phi) is 5.27. The topological polar surface area (TPSA) is 0 Å². The van der Waals surface area contributed by atoms with Crippen LogP contribution in [0.15, 0.2) is 121 Å². The van der Waals surface area contributed by atoms with Gasteiger partial charge in [0.1, 0.15) is 0 Å². The average Bonchev–Trinajstić information content (AvgIpc) is 3.25. The van der Waals surface area contributed by atoms with Crippen molar-refractivity contribution in [3.8, 4) is 0 Å². The van der Waals surface area contributed by atoms with Crippen molar-refractivity contribution in [1.29, 1.82) is 0 Å². The second-order valence-corrected chi connectivity index (χ2v) is 8.62. The summed E-state index contributed by atoms with van der Waals surface area (Å²) in [5.41, 5.74) is 6.11. The van der Waals surface area contributed by atoms with E-state index < -0.39 is 7.92 Å². The first-order valence-corrected chi connectivity index (χ1v) is 10.5. The normalized spacial score (nSPS) is 13.8. The fourth-order valence-corrected chi connectivity index (χ4v) is 5.94. The number of rotatable bonds is 6. The van der Waals surface area contributed by atoms with E-state index in [0.717, 1.165) is 6.16 Å². The lowest BCUT2D eigenvalue weighted by Gasteiger charge is -2.25. The predicted octanol–water partition coefficient (Wildman–Crippen LogP) is 5.55. The monoisotopic (exact) mass is 352 g/mol. The van der Waals surface area contributed by atoms with Crippen LogP contribution in [0.4, 0.5) is 0 Å². The molecule has 0 fully saturated rings. The molecular formula is C25H21P. The summed E-state index contributed by atoms with van der Waals surface area (Å²) < 4.78 is 0. The minimum atomic E-state index is -0.439. The lowest BCUT2D eigenvalue weighted by molar-refractivity contribution is 0.937. The fraction of sp³-hybridized carbons (Fsp3) is 0.0800. The third kappa shape index (κ3) is 3.78. The zero-order valence-corrected chi connectivity index (χ0v) is 15.5. The van der Waals surface area contributed by atoms with E-state index in [-0.39, 0.29) is 0 Å². The Morgan fingerprint density at radius 3 is 1.73 bits per heavy atom. The zero-order chi connectivity index (χ0) is 17.6. The molecule has 0 aliphatic heterocycles. The molecule has 3 aromatic carbocycles. The van der Waals surface area contributed by atoms with E-state index in [1.54, 1.807) is 0 Å². The van der Waals surface area contributed by atoms with Crippen molar-refractivity contribution in [3.05, 3.63) is 126 Å². The van der Waals surface area contributed by atoms with Crippen LogP contribution in [0.5, 0.6) is 0 Å². The van der Waals surface area contributed by atoms with Gasteiger partial charge in [-0.2, -0.15) is 0 Å². The van der Waals surface area contributed by atoms with Gasteiger partial charge in [-0.25, -0.2) is 0 Å². The molecule has 0 nitrogen and oxygen atoms in total. The van der Waals surface area contributed by atoms with Crippen LogP contribution < -0.4 is 10.6 Å². The van der Waals surface area contributed by atoms with Gasteiger partial charge in [0, 0.05) is 11.5 Å². The van der Waals surface area contributed by atoms with Gasteiger partial charge in [-0.05, 0) is 36.3 Å². The highest BCUT2D eigenvalue weighted by atomic mass is 31.1. The Morgan fingerprint density at radius 2 is 1.23 bits per heavy atom. The molecule has 0 saturated carbocycles. The summed E-state index contributed by atoms with van der Waals surface area (Å²) in [6.07, 6.45) is 7.42. The largest absolute Gasteiger partial charge is 0.117 e. The molecule has 0 heterocycles. The van der Waals surface area contributed by atoms with Crippen molar-refractivity contribution in [2.45, 2.75) is 5.92 Å². The highest BCUT2D eigenvalue weighted by Crippen LogP contribution is 2.42. The van der Waals surface area contributed by atoms with Crippen molar-refractivity contribution in [3.63, 3.8) is 0 Å². The first-order chi connectivity index (χ1) is 12.9. The van der Waals surface area contributed by atoms with Gasteiger partial charge in [-0.3, -0.25) is 0 Å². The molecule has 4 rings (SSSR count). The number of allylic oxidation sites excluding steroid dienone is 3. The second kappa shape index (κ2) is 8.15. The van der Waals surface area contributed by atoms with Gasteiger partial charge >= 0.3 is 0 Å². The summed E-state index contributed by atoms with van der Waals surface area (Å²) >= 11 is 0. The van der Waals surface area contributed by atoms with Crippen LogP contribution in [0.25, 0.3) is 0 Å². The average molecular weight is 352 g/mol. The van der Waals surface area contributed by atoms with Gasteiger partial charge in [-0.1, -0.05) is 103 Å². The maximum absolute atomic E-state index is 3.45. The van der Waals surface area contributed by atoms with Crippen LogP contribution in [0.1, 0.15) is 11.5 Å². The molecule has 0 aromatic heterocycles. The van der Waals surface area contributed by atoms with Crippen molar-refractivity contribution in [2.75, 3.05) is 6.16 Å². The maximum Gasteiger partial charge on any atom is 0.0208 e. The minimum Gasteiger partial charge on any atom is -0.117 e. The van der Waals surface area contributed by atoms with Crippen molar-refractivity contribution in [2.24, 2.45) is 0 Å². The van der Waals surface area contributed by atoms with Crippen molar-refractivity contribution >= 4 is 18.5 Å². The molecule has 1 unspecified atom stereocenters. The van der Waals surface area contributed by atoms with Crippen molar-refractivity contribution in [1.82, 2.24) is 0 Å². The molecule has 0 saturated heterocycles. The highest BCUT2D eigenvalue weighted by molar-refractivity contribution is 7.73. The van der Waals surface area contributed by atoms with E-state index in [2.05, 4.69) is 109 Å². The van der Waals surface area contributed by atoms with Crippen LogP contribution in [-0.2, 0) is 0 Å². The lowest BCUT2D eigenvalue weighted by atomic mass is 9.94. The molecule has 0 spiro atoms. The Bertz CT molecular complexity index is 894. The number of hydrogen-bond donors (Lipinski definition) is 0. The summed E-state index contributed by atoms with van der Waals surface area (Å²) in [6.45, 7) is 0. The van der Waals surface area contributed by atoms with Gasteiger partial charge in [0.2, 0.25) is 0 Å². The van der Waals surface area contributed by atoms with Crippen LogP contribution >= 0.6 is 7.92 Å². The van der Waals surface area contributed by atoms with Gasteiger partial charge < -0.3 is 0 Å². The first kappa shape index (κ1) is 16.8. The molecule has 0 N–H and O–H groups in total. The summed E-state index contributed by atoms with van der Waals surface area (Å²) in [5.74, 6) is 0.359. The molecule has 1 atom stereocenters. The van der Waals surface area contributed by atoms with E-state index in [0.29, 0.717) is 5.92 Å². The summed E-state index contributed by atoms with van der Waals surface area (Å²) in [5, 5.41) is 2.86. The molecule has 0 radical (unpaired) electrons. The van der Waals surface area contributed by atoms with E-state index in [4.69, 9.17) is 0 Å². The van der Waals surface area contributed by atoms with Crippen molar-refractivity contribution < 1.29 is 0 Å². The van der Waals surface area contributed by atoms with Crippen LogP contribution in [0.2, 0.25) is 0 Å². The van der Waals surface area contributed by atoms with Gasteiger partial charge in [0.05, 0.1) is 0 Å². The first-order valence-electron chi connectivity index (χ1n) is 8.98. The SMILES string of the molecule is C1=CC=CC=1C(CP(c1ccccc1)c1ccccc1)c1ccccc1. The molecule has 0 bridgehead atoms. The summed E-state index contributed by atoms with van der Waals surface area (Å²) in [6, 6.07) is 32.8.